The van der Waals surface area contributed by atoms with Crippen LogP contribution in [0.15, 0.2) is 54.6 Å². The standard InChI is InChI=1S/C19H25NO/c1-15(2)17-10-8-16(9-11-17)12-13-20-14-19(21)18-6-4-3-5-7-18/h3-11,15,19-21H,12-14H2,1-2H3. The van der Waals surface area contributed by atoms with Gasteiger partial charge in [-0.15, -0.1) is 0 Å². The minimum absolute atomic E-state index is 0.436. The van der Waals surface area contributed by atoms with Crippen LogP contribution in [0.25, 0.3) is 0 Å². The Labute approximate surface area is 127 Å². The molecule has 2 rings (SSSR count). The van der Waals surface area contributed by atoms with E-state index in [9.17, 15) is 5.11 Å². The van der Waals surface area contributed by atoms with Crippen molar-refractivity contribution in [2.45, 2.75) is 32.3 Å². The van der Waals surface area contributed by atoms with Crippen molar-refractivity contribution in [1.29, 1.82) is 0 Å². The van der Waals surface area contributed by atoms with Crippen LogP contribution in [0.2, 0.25) is 0 Å². The van der Waals surface area contributed by atoms with Crippen LogP contribution < -0.4 is 5.32 Å². The average Bonchev–Trinajstić information content (AvgIpc) is 2.52. The van der Waals surface area contributed by atoms with Gasteiger partial charge in [0, 0.05) is 6.54 Å². The van der Waals surface area contributed by atoms with Gasteiger partial charge in [-0.3, -0.25) is 0 Å². The van der Waals surface area contributed by atoms with Crippen molar-refractivity contribution < 1.29 is 5.11 Å². The second-order valence-corrected chi connectivity index (χ2v) is 5.78. The van der Waals surface area contributed by atoms with Gasteiger partial charge in [0.1, 0.15) is 0 Å². The number of hydrogen-bond acceptors (Lipinski definition) is 2. The van der Waals surface area contributed by atoms with Gasteiger partial charge in [0.25, 0.3) is 0 Å². The van der Waals surface area contributed by atoms with E-state index in [4.69, 9.17) is 0 Å². The van der Waals surface area contributed by atoms with Crippen LogP contribution in [0.5, 0.6) is 0 Å². The SMILES string of the molecule is CC(C)c1ccc(CCNCC(O)c2ccccc2)cc1. The molecule has 0 aromatic heterocycles. The minimum Gasteiger partial charge on any atom is -0.387 e. The van der Waals surface area contributed by atoms with E-state index >= 15 is 0 Å². The molecule has 0 bridgehead atoms. The van der Waals surface area contributed by atoms with Gasteiger partial charge in [-0.2, -0.15) is 0 Å². The molecule has 112 valence electrons. The number of nitrogens with one attached hydrogen (secondary N) is 1. The first-order chi connectivity index (χ1) is 10.2. The third-order valence-electron chi connectivity index (χ3n) is 3.76. The van der Waals surface area contributed by atoms with E-state index < -0.39 is 6.10 Å². The third kappa shape index (κ3) is 5.00. The van der Waals surface area contributed by atoms with E-state index in [0.29, 0.717) is 12.5 Å². The maximum Gasteiger partial charge on any atom is 0.0914 e. The van der Waals surface area contributed by atoms with Gasteiger partial charge < -0.3 is 10.4 Å². The predicted molar refractivity (Wildman–Crippen MR) is 88.5 cm³/mol. The smallest absolute Gasteiger partial charge is 0.0914 e. The summed E-state index contributed by atoms with van der Waals surface area (Å²) in [7, 11) is 0. The van der Waals surface area contributed by atoms with E-state index in [1.807, 2.05) is 30.3 Å². The predicted octanol–water partition coefficient (Wildman–Crippen LogP) is 3.68. The van der Waals surface area contributed by atoms with Crippen LogP contribution in [0.3, 0.4) is 0 Å². The molecule has 1 atom stereocenters. The summed E-state index contributed by atoms with van der Waals surface area (Å²) in [5.41, 5.74) is 3.68. The first-order valence-electron chi connectivity index (χ1n) is 7.69. The summed E-state index contributed by atoms with van der Waals surface area (Å²) in [5, 5.41) is 13.4. The summed E-state index contributed by atoms with van der Waals surface area (Å²) in [6.07, 6.45) is 0.550. The molecule has 0 spiro atoms. The molecule has 21 heavy (non-hydrogen) atoms. The molecule has 1 unspecified atom stereocenters. The Morgan fingerprint density at radius 2 is 1.57 bits per heavy atom. The maximum atomic E-state index is 10.1. The van der Waals surface area contributed by atoms with Gasteiger partial charge in [0.05, 0.1) is 6.10 Å². The normalized spacial score (nSPS) is 12.6. The third-order valence-corrected chi connectivity index (χ3v) is 3.76. The molecule has 0 heterocycles. The molecule has 0 saturated heterocycles. The van der Waals surface area contributed by atoms with Crippen molar-refractivity contribution in [3.8, 4) is 0 Å². The van der Waals surface area contributed by atoms with Crippen LogP contribution in [0.4, 0.5) is 0 Å². The molecule has 0 aliphatic rings. The lowest BCUT2D eigenvalue weighted by Crippen LogP contribution is -2.23. The Bertz CT molecular complexity index is 519. The van der Waals surface area contributed by atoms with Gasteiger partial charge in [0.15, 0.2) is 0 Å². The zero-order chi connectivity index (χ0) is 15.1. The van der Waals surface area contributed by atoms with Crippen molar-refractivity contribution in [2.24, 2.45) is 0 Å². The molecule has 2 aromatic carbocycles. The van der Waals surface area contributed by atoms with Gasteiger partial charge >= 0.3 is 0 Å². The van der Waals surface area contributed by atoms with E-state index in [-0.39, 0.29) is 0 Å². The average molecular weight is 283 g/mol. The largest absolute Gasteiger partial charge is 0.387 e. The van der Waals surface area contributed by atoms with Crippen molar-refractivity contribution in [2.75, 3.05) is 13.1 Å². The number of aliphatic hydroxyl groups excluding tert-OH is 1. The molecular formula is C19H25NO. The zero-order valence-electron chi connectivity index (χ0n) is 12.9. The van der Waals surface area contributed by atoms with E-state index in [1.165, 1.54) is 11.1 Å². The van der Waals surface area contributed by atoms with Gasteiger partial charge in [-0.25, -0.2) is 0 Å². The lowest BCUT2D eigenvalue weighted by Gasteiger charge is -2.12. The summed E-state index contributed by atoms with van der Waals surface area (Å²) in [5.74, 6) is 0.582. The molecule has 2 nitrogen and oxygen atoms in total. The molecule has 0 aliphatic heterocycles. The van der Waals surface area contributed by atoms with E-state index in [2.05, 4.69) is 43.4 Å². The summed E-state index contributed by atoms with van der Waals surface area (Å²) < 4.78 is 0. The fourth-order valence-electron chi connectivity index (χ4n) is 2.33. The fraction of sp³-hybridized carbons (Fsp3) is 0.368. The highest BCUT2D eigenvalue weighted by atomic mass is 16.3. The molecule has 2 aromatic rings. The van der Waals surface area contributed by atoms with Gasteiger partial charge in [-0.05, 0) is 35.6 Å². The maximum absolute atomic E-state index is 10.1. The van der Waals surface area contributed by atoms with Crippen LogP contribution in [0, 0.1) is 0 Å². The first-order valence-corrected chi connectivity index (χ1v) is 7.69. The highest BCUT2D eigenvalue weighted by Gasteiger charge is 2.05. The Morgan fingerprint density at radius 1 is 0.905 bits per heavy atom. The van der Waals surface area contributed by atoms with Gasteiger partial charge in [-0.1, -0.05) is 68.4 Å². The highest BCUT2D eigenvalue weighted by molar-refractivity contribution is 5.24. The Morgan fingerprint density at radius 3 is 2.19 bits per heavy atom. The molecule has 0 fully saturated rings. The Kier molecular flexibility index (Phi) is 5.97. The number of aliphatic hydroxyl groups is 1. The Balaban J connectivity index is 1.72. The summed E-state index contributed by atoms with van der Waals surface area (Å²) in [6, 6.07) is 18.6. The first kappa shape index (κ1) is 15.7. The van der Waals surface area contributed by atoms with Crippen LogP contribution in [-0.2, 0) is 6.42 Å². The topological polar surface area (TPSA) is 32.3 Å². The van der Waals surface area contributed by atoms with Crippen molar-refractivity contribution in [3.63, 3.8) is 0 Å². The lowest BCUT2D eigenvalue weighted by atomic mass is 10.0. The second kappa shape index (κ2) is 7.96. The number of benzene rings is 2. The zero-order valence-corrected chi connectivity index (χ0v) is 12.9. The monoisotopic (exact) mass is 283 g/mol. The molecule has 2 heteroatoms. The van der Waals surface area contributed by atoms with E-state index in [0.717, 1.165) is 18.5 Å². The number of rotatable bonds is 7. The fourth-order valence-corrected chi connectivity index (χ4v) is 2.33. The molecular weight excluding hydrogens is 258 g/mol. The van der Waals surface area contributed by atoms with Crippen LogP contribution in [0.1, 0.15) is 42.6 Å². The Hall–Kier alpha value is -1.64. The van der Waals surface area contributed by atoms with Crippen LogP contribution >= 0.6 is 0 Å². The molecule has 0 amide bonds. The molecule has 0 saturated carbocycles. The van der Waals surface area contributed by atoms with Crippen molar-refractivity contribution in [3.05, 3.63) is 71.3 Å². The quantitative estimate of drug-likeness (QED) is 0.760. The molecule has 0 radical (unpaired) electrons. The van der Waals surface area contributed by atoms with Crippen LogP contribution in [-0.4, -0.2) is 18.2 Å². The van der Waals surface area contributed by atoms with Crippen molar-refractivity contribution >= 4 is 0 Å². The molecule has 2 N–H and O–H groups in total. The minimum atomic E-state index is -0.436. The summed E-state index contributed by atoms with van der Waals surface area (Å²) >= 11 is 0. The highest BCUT2D eigenvalue weighted by Crippen LogP contribution is 2.15. The molecule has 0 aliphatic carbocycles. The van der Waals surface area contributed by atoms with Crippen molar-refractivity contribution in [1.82, 2.24) is 5.32 Å². The second-order valence-electron chi connectivity index (χ2n) is 5.78. The van der Waals surface area contributed by atoms with E-state index in [1.54, 1.807) is 0 Å². The summed E-state index contributed by atoms with van der Waals surface area (Å²) in [6.45, 7) is 5.89. The summed E-state index contributed by atoms with van der Waals surface area (Å²) in [4.78, 5) is 0. The number of hydrogen-bond donors (Lipinski definition) is 2. The lowest BCUT2D eigenvalue weighted by molar-refractivity contribution is 0.175. The van der Waals surface area contributed by atoms with Gasteiger partial charge in [0.2, 0.25) is 0 Å².